The number of anilines is 2. The Labute approximate surface area is 183 Å². The Morgan fingerprint density at radius 1 is 0.935 bits per heavy atom. The van der Waals surface area contributed by atoms with Gasteiger partial charge in [0.1, 0.15) is 5.75 Å². The quantitative estimate of drug-likeness (QED) is 0.543. The maximum atomic E-state index is 12.5. The predicted octanol–water partition coefficient (Wildman–Crippen LogP) is 2.73. The average molecular weight is 427 g/mol. The molecule has 0 bridgehead atoms. The zero-order chi connectivity index (χ0) is 22.8. The lowest BCUT2D eigenvalue weighted by molar-refractivity contribution is -0.123. The molecule has 0 aromatic heterocycles. The molecule has 2 aromatic rings. The number of hydrogen-bond acceptors (Lipinski definition) is 5. The van der Waals surface area contributed by atoms with E-state index in [0.717, 1.165) is 0 Å². The SMILES string of the molecule is CCN(CC(=O)Nc1ccc(C(=O)Nc2ccccc2OC)cc1)CC(=O)NC(C)C. The van der Waals surface area contributed by atoms with Crippen LogP contribution in [0.5, 0.6) is 5.75 Å². The average Bonchev–Trinajstić information content (AvgIpc) is 2.73. The Morgan fingerprint density at radius 2 is 1.58 bits per heavy atom. The number of likely N-dealkylation sites (N-methyl/N-ethyl adjacent to an activating group) is 1. The highest BCUT2D eigenvalue weighted by Gasteiger charge is 2.14. The second kappa shape index (κ2) is 11.7. The summed E-state index contributed by atoms with van der Waals surface area (Å²) in [5, 5.41) is 8.41. The fourth-order valence-electron chi connectivity index (χ4n) is 2.90. The van der Waals surface area contributed by atoms with Gasteiger partial charge in [0.15, 0.2) is 0 Å². The van der Waals surface area contributed by atoms with Crippen molar-refractivity contribution in [2.75, 3.05) is 37.4 Å². The molecule has 3 N–H and O–H groups in total. The first-order chi connectivity index (χ1) is 14.8. The molecule has 0 unspecified atom stereocenters. The molecule has 0 heterocycles. The minimum atomic E-state index is -0.282. The third-order valence-electron chi connectivity index (χ3n) is 4.42. The van der Waals surface area contributed by atoms with E-state index in [0.29, 0.717) is 29.2 Å². The van der Waals surface area contributed by atoms with E-state index in [-0.39, 0.29) is 36.9 Å². The highest BCUT2D eigenvalue weighted by molar-refractivity contribution is 6.05. The van der Waals surface area contributed by atoms with Crippen LogP contribution in [0.3, 0.4) is 0 Å². The van der Waals surface area contributed by atoms with E-state index in [1.165, 1.54) is 0 Å². The molecular formula is C23H30N4O4. The summed E-state index contributed by atoms with van der Waals surface area (Å²) in [5.41, 5.74) is 1.60. The Balaban J connectivity index is 1.91. The standard InChI is InChI=1S/C23H30N4O4/c1-5-27(14-21(28)24-16(2)3)15-22(29)25-18-12-10-17(11-13-18)23(30)26-19-8-6-7-9-20(19)31-4/h6-13,16H,5,14-15H2,1-4H3,(H,24,28)(H,25,29)(H,26,30). The normalized spacial score (nSPS) is 10.6. The molecule has 0 saturated heterocycles. The van der Waals surface area contributed by atoms with Gasteiger partial charge in [-0.25, -0.2) is 0 Å². The number of ether oxygens (including phenoxy) is 1. The summed E-state index contributed by atoms with van der Waals surface area (Å²) in [6.45, 7) is 6.50. The van der Waals surface area contributed by atoms with Gasteiger partial charge in [-0.05, 0) is 56.8 Å². The van der Waals surface area contributed by atoms with Crippen molar-refractivity contribution in [3.63, 3.8) is 0 Å². The molecule has 0 aliphatic carbocycles. The molecule has 0 fully saturated rings. The fourth-order valence-corrected chi connectivity index (χ4v) is 2.90. The first-order valence-corrected chi connectivity index (χ1v) is 10.2. The Bertz CT molecular complexity index is 897. The molecule has 0 aliphatic rings. The van der Waals surface area contributed by atoms with Crippen LogP contribution in [0, 0.1) is 0 Å². The fraction of sp³-hybridized carbons (Fsp3) is 0.348. The van der Waals surface area contributed by atoms with Gasteiger partial charge in [0, 0.05) is 17.3 Å². The number of methoxy groups -OCH3 is 1. The number of rotatable bonds is 10. The monoisotopic (exact) mass is 426 g/mol. The predicted molar refractivity (Wildman–Crippen MR) is 121 cm³/mol. The van der Waals surface area contributed by atoms with E-state index < -0.39 is 0 Å². The lowest BCUT2D eigenvalue weighted by Crippen LogP contribution is -2.42. The van der Waals surface area contributed by atoms with Gasteiger partial charge in [-0.1, -0.05) is 19.1 Å². The molecule has 166 valence electrons. The van der Waals surface area contributed by atoms with Gasteiger partial charge in [0.05, 0.1) is 25.9 Å². The summed E-state index contributed by atoms with van der Waals surface area (Å²) >= 11 is 0. The van der Waals surface area contributed by atoms with E-state index in [1.54, 1.807) is 48.4 Å². The van der Waals surface area contributed by atoms with Crippen molar-refractivity contribution >= 4 is 29.1 Å². The van der Waals surface area contributed by atoms with Gasteiger partial charge in [-0.3, -0.25) is 19.3 Å². The highest BCUT2D eigenvalue weighted by atomic mass is 16.5. The molecular weight excluding hydrogens is 396 g/mol. The number of nitrogens with zero attached hydrogens (tertiary/aromatic N) is 1. The van der Waals surface area contributed by atoms with Crippen molar-refractivity contribution in [3.8, 4) is 5.75 Å². The second-order valence-corrected chi connectivity index (χ2v) is 7.31. The maximum Gasteiger partial charge on any atom is 0.255 e. The number of carbonyl (C=O) groups is 3. The van der Waals surface area contributed by atoms with Crippen LogP contribution in [0.2, 0.25) is 0 Å². The van der Waals surface area contributed by atoms with Gasteiger partial charge >= 0.3 is 0 Å². The first kappa shape index (κ1) is 23.9. The van der Waals surface area contributed by atoms with Crippen molar-refractivity contribution in [1.29, 1.82) is 0 Å². The first-order valence-electron chi connectivity index (χ1n) is 10.2. The minimum Gasteiger partial charge on any atom is -0.495 e. The number of hydrogen-bond donors (Lipinski definition) is 3. The van der Waals surface area contributed by atoms with Crippen LogP contribution >= 0.6 is 0 Å². The number of nitrogens with one attached hydrogen (secondary N) is 3. The van der Waals surface area contributed by atoms with Gasteiger partial charge in [-0.15, -0.1) is 0 Å². The maximum absolute atomic E-state index is 12.5. The summed E-state index contributed by atoms with van der Waals surface area (Å²) in [4.78, 5) is 38.5. The zero-order valence-electron chi connectivity index (χ0n) is 18.4. The highest BCUT2D eigenvalue weighted by Crippen LogP contribution is 2.23. The smallest absolute Gasteiger partial charge is 0.255 e. The van der Waals surface area contributed by atoms with Gasteiger partial charge < -0.3 is 20.7 Å². The van der Waals surface area contributed by atoms with Gasteiger partial charge in [-0.2, -0.15) is 0 Å². The summed E-state index contributed by atoms with van der Waals surface area (Å²) in [5.74, 6) is -0.0570. The van der Waals surface area contributed by atoms with Crippen LogP contribution in [-0.2, 0) is 9.59 Å². The van der Waals surface area contributed by atoms with Crippen molar-refractivity contribution in [3.05, 3.63) is 54.1 Å². The molecule has 0 radical (unpaired) electrons. The van der Waals surface area contributed by atoms with Crippen molar-refractivity contribution in [2.24, 2.45) is 0 Å². The van der Waals surface area contributed by atoms with Crippen LogP contribution in [-0.4, -0.2) is 55.4 Å². The van der Waals surface area contributed by atoms with Crippen LogP contribution in [0.15, 0.2) is 48.5 Å². The lowest BCUT2D eigenvalue weighted by Gasteiger charge is -2.20. The third-order valence-corrected chi connectivity index (χ3v) is 4.42. The lowest BCUT2D eigenvalue weighted by atomic mass is 10.2. The minimum absolute atomic E-state index is 0.0544. The van der Waals surface area contributed by atoms with E-state index in [1.807, 2.05) is 32.9 Å². The van der Waals surface area contributed by atoms with Gasteiger partial charge in [0.2, 0.25) is 11.8 Å². The molecule has 8 nitrogen and oxygen atoms in total. The zero-order valence-corrected chi connectivity index (χ0v) is 18.4. The van der Waals surface area contributed by atoms with E-state index in [4.69, 9.17) is 4.74 Å². The van der Waals surface area contributed by atoms with Crippen LogP contribution in [0.4, 0.5) is 11.4 Å². The third kappa shape index (κ3) is 7.75. The number of benzene rings is 2. The molecule has 2 rings (SSSR count). The van der Waals surface area contributed by atoms with Crippen molar-refractivity contribution in [1.82, 2.24) is 10.2 Å². The summed E-state index contributed by atoms with van der Waals surface area (Å²) in [6.07, 6.45) is 0. The van der Waals surface area contributed by atoms with Crippen molar-refractivity contribution in [2.45, 2.75) is 26.8 Å². The van der Waals surface area contributed by atoms with E-state index in [9.17, 15) is 14.4 Å². The van der Waals surface area contributed by atoms with Crippen LogP contribution < -0.4 is 20.7 Å². The Hall–Kier alpha value is -3.39. The van der Waals surface area contributed by atoms with Crippen LogP contribution in [0.25, 0.3) is 0 Å². The molecule has 2 aromatic carbocycles. The summed E-state index contributed by atoms with van der Waals surface area (Å²) < 4.78 is 5.24. The molecule has 0 atom stereocenters. The molecule has 3 amide bonds. The molecule has 0 saturated carbocycles. The second-order valence-electron chi connectivity index (χ2n) is 7.31. The van der Waals surface area contributed by atoms with Crippen molar-refractivity contribution < 1.29 is 19.1 Å². The number of amides is 3. The Morgan fingerprint density at radius 3 is 2.19 bits per heavy atom. The summed E-state index contributed by atoms with van der Waals surface area (Å²) in [7, 11) is 1.54. The summed E-state index contributed by atoms with van der Waals surface area (Å²) in [6, 6.07) is 13.8. The number of carbonyl (C=O) groups excluding carboxylic acids is 3. The van der Waals surface area contributed by atoms with Gasteiger partial charge in [0.25, 0.3) is 5.91 Å². The Kier molecular flexibility index (Phi) is 9.02. The van der Waals surface area contributed by atoms with E-state index >= 15 is 0 Å². The number of para-hydroxylation sites is 2. The molecule has 0 aliphatic heterocycles. The molecule has 31 heavy (non-hydrogen) atoms. The van der Waals surface area contributed by atoms with E-state index in [2.05, 4.69) is 16.0 Å². The largest absolute Gasteiger partial charge is 0.495 e. The topological polar surface area (TPSA) is 99.8 Å². The van der Waals surface area contributed by atoms with Crippen LogP contribution in [0.1, 0.15) is 31.1 Å². The molecule has 8 heteroatoms. The molecule has 0 spiro atoms.